The van der Waals surface area contributed by atoms with Crippen molar-refractivity contribution in [3.8, 4) is 0 Å². The third kappa shape index (κ3) is 19.3. The third-order valence-electron chi connectivity index (χ3n) is 15.8. The molecule has 468 valence electrons. The van der Waals surface area contributed by atoms with Crippen LogP contribution >= 0.6 is 0 Å². The highest BCUT2D eigenvalue weighted by atomic mass is 16.1. The van der Waals surface area contributed by atoms with Crippen molar-refractivity contribution in [3.63, 3.8) is 0 Å². The first-order chi connectivity index (χ1) is 47.2. The molecular weight excluding hydrogens is 1180 g/mol. The maximum absolute atomic E-state index is 12.2. The highest BCUT2D eigenvalue weighted by Gasteiger charge is 2.30. The summed E-state index contributed by atoms with van der Waals surface area (Å²) < 4.78 is 0. The second kappa shape index (κ2) is 34.8. The van der Waals surface area contributed by atoms with Crippen molar-refractivity contribution in [2.45, 2.75) is 19.4 Å². The number of hydrazine groups is 1. The number of hydrogen-bond acceptors (Lipinski definition) is 8. The largest absolute Gasteiger partial charge is 0.324 e. The number of hydrogen-bond donors (Lipinski definition) is 2. The molecule has 3 N–H and O–H groups in total. The van der Waals surface area contributed by atoms with Gasteiger partial charge in [-0.05, 0) is 133 Å². The monoisotopic (exact) mass is 1250 g/mol. The standard InChI is InChI=1S/C25H20N2.2C19H14O.C12H10O.C7H6O.C6H8N2/c1-3-10-20(11-4-1)25-18-24(26-27(25)23-13-5-2-6-14-23)22-16-15-19-9-7-8-12-21(19)17-22;2*20-19(13-10-15-6-2-1-3-7-15)18-12-11-16-8-4-5-9-17(16)14-18;1-9(13)11-7-6-10-4-2-3-5-12(10)8-11;8-6-7-4-2-1-3-5-7;7-8-6-4-2-1-3-5-6/h1-17,25H,18H2;2*1-14H;2-8H,1H3;1-6H;1-5,8H,7H2/b;2*13-10+;;;. The van der Waals surface area contributed by atoms with E-state index in [9.17, 15) is 19.2 Å². The minimum atomic E-state index is 0.0274. The Morgan fingerprint density at radius 3 is 1.12 bits per heavy atom. The van der Waals surface area contributed by atoms with Gasteiger partial charge in [0.25, 0.3) is 0 Å². The first-order valence-corrected chi connectivity index (χ1v) is 31.7. The van der Waals surface area contributed by atoms with E-state index in [1.807, 2.05) is 255 Å². The topological polar surface area (TPSA) is 122 Å². The Balaban J connectivity index is 0.000000132. The van der Waals surface area contributed by atoms with Crippen molar-refractivity contribution in [3.05, 3.63) is 409 Å². The van der Waals surface area contributed by atoms with Crippen LogP contribution in [0.5, 0.6) is 0 Å². The van der Waals surface area contributed by atoms with Crippen molar-refractivity contribution in [2.75, 3.05) is 10.4 Å². The number of aldehydes is 1. The molecule has 14 aromatic rings. The van der Waals surface area contributed by atoms with Crippen LogP contribution in [0.2, 0.25) is 0 Å². The summed E-state index contributed by atoms with van der Waals surface area (Å²) in [7, 11) is 0. The predicted octanol–water partition coefficient (Wildman–Crippen LogP) is 21.2. The molecule has 1 aliphatic rings. The van der Waals surface area contributed by atoms with Crippen LogP contribution in [0.15, 0.2) is 369 Å². The fourth-order valence-electron chi connectivity index (χ4n) is 10.6. The molecule has 0 saturated carbocycles. The second-order valence-corrected chi connectivity index (χ2v) is 22.4. The highest BCUT2D eigenvalue weighted by Crippen LogP contribution is 2.37. The lowest BCUT2D eigenvalue weighted by atomic mass is 9.97. The normalized spacial score (nSPS) is 12.0. The summed E-state index contributed by atoms with van der Waals surface area (Å²) in [6.45, 7) is 1.59. The Labute approximate surface area is 561 Å². The van der Waals surface area contributed by atoms with E-state index in [0.717, 1.165) is 90.1 Å². The molecule has 0 amide bonds. The number of carbonyl (C=O) groups excluding carboxylic acids is 4. The van der Waals surface area contributed by atoms with Gasteiger partial charge in [-0.25, -0.2) is 0 Å². The highest BCUT2D eigenvalue weighted by molar-refractivity contribution is 6.10. The van der Waals surface area contributed by atoms with Crippen LogP contribution in [0.1, 0.15) is 83.1 Å². The van der Waals surface area contributed by atoms with Crippen LogP contribution in [0.3, 0.4) is 0 Å². The number of para-hydroxylation sites is 2. The smallest absolute Gasteiger partial charge is 0.185 e. The molecule has 15 rings (SSSR count). The molecule has 0 radical (unpaired) electrons. The van der Waals surface area contributed by atoms with Gasteiger partial charge in [0.15, 0.2) is 17.3 Å². The Kier molecular flexibility index (Phi) is 24.1. The number of nitrogen functional groups attached to an aromatic ring is 1. The van der Waals surface area contributed by atoms with Crippen molar-refractivity contribution >= 4 is 96.0 Å². The summed E-state index contributed by atoms with van der Waals surface area (Å²) in [6.07, 6.45) is 8.67. The van der Waals surface area contributed by atoms with E-state index >= 15 is 0 Å². The molecule has 8 heteroatoms. The number of nitrogens with zero attached hydrogens (tertiary/aromatic N) is 2. The number of nitrogens with two attached hydrogens (primary N) is 1. The van der Waals surface area contributed by atoms with Crippen LogP contribution in [0.4, 0.5) is 11.4 Å². The molecule has 1 unspecified atom stereocenters. The van der Waals surface area contributed by atoms with Gasteiger partial charge in [-0.2, -0.15) is 5.10 Å². The molecular formula is C88H72N4O4. The van der Waals surface area contributed by atoms with Gasteiger partial charge in [-0.1, -0.05) is 315 Å². The summed E-state index contributed by atoms with van der Waals surface area (Å²) in [4.78, 5) is 45.4. The molecule has 1 heterocycles. The van der Waals surface area contributed by atoms with E-state index < -0.39 is 0 Å². The molecule has 0 aromatic heterocycles. The number of anilines is 2. The number of Topliss-reactive ketones (excluding diaryl/α,β-unsaturated/α-hetero) is 1. The number of hydrazone groups is 1. The van der Waals surface area contributed by atoms with E-state index in [2.05, 4.69) is 107 Å². The first kappa shape index (κ1) is 66.4. The van der Waals surface area contributed by atoms with Gasteiger partial charge in [-0.15, -0.1) is 0 Å². The zero-order chi connectivity index (χ0) is 66.5. The molecule has 0 saturated heterocycles. The predicted molar refractivity (Wildman–Crippen MR) is 401 cm³/mol. The fraction of sp³-hybridized carbons (Fsp3) is 0.0341. The van der Waals surface area contributed by atoms with Crippen molar-refractivity contribution in [1.29, 1.82) is 0 Å². The lowest BCUT2D eigenvalue weighted by Crippen LogP contribution is -2.18. The Bertz CT molecular complexity index is 4790. The molecule has 96 heavy (non-hydrogen) atoms. The Morgan fingerprint density at radius 1 is 0.385 bits per heavy atom. The minimum absolute atomic E-state index is 0.0274. The number of rotatable bonds is 12. The van der Waals surface area contributed by atoms with Crippen molar-refractivity contribution in [1.82, 2.24) is 0 Å². The Morgan fingerprint density at radius 2 is 0.729 bits per heavy atom. The minimum Gasteiger partial charge on any atom is -0.324 e. The lowest BCUT2D eigenvalue weighted by molar-refractivity contribution is 0.101. The quantitative estimate of drug-likeness (QED) is 0.0411. The second-order valence-electron chi connectivity index (χ2n) is 22.4. The first-order valence-electron chi connectivity index (χ1n) is 31.7. The number of nitrogens with one attached hydrogen (secondary N) is 1. The van der Waals surface area contributed by atoms with Crippen molar-refractivity contribution in [2.24, 2.45) is 10.9 Å². The number of fused-ring (bicyclic) bond motifs is 4. The lowest BCUT2D eigenvalue weighted by Gasteiger charge is -2.23. The van der Waals surface area contributed by atoms with Crippen LogP contribution in [0.25, 0.3) is 55.2 Å². The third-order valence-corrected chi connectivity index (χ3v) is 15.8. The molecule has 8 nitrogen and oxygen atoms in total. The van der Waals surface area contributed by atoms with E-state index in [4.69, 9.17) is 10.9 Å². The number of ketones is 3. The van der Waals surface area contributed by atoms with E-state index in [1.165, 1.54) is 27.3 Å². The average molecular weight is 1250 g/mol. The molecule has 0 aliphatic carbocycles. The summed E-state index contributed by atoms with van der Waals surface area (Å²) >= 11 is 0. The maximum Gasteiger partial charge on any atom is 0.185 e. The fourth-order valence-corrected chi connectivity index (χ4v) is 10.6. The molecule has 0 spiro atoms. The van der Waals surface area contributed by atoms with Gasteiger partial charge < -0.3 is 5.43 Å². The summed E-state index contributed by atoms with van der Waals surface area (Å²) in [5, 5.41) is 16.5. The summed E-state index contributed by atoms with van der Waals surface area (Å²) in [6, 6.07) is 116. The average Bonchev–Trinajstić information content (AvgIpc) is 1.64. The van der Waals surface area contributed by atoms with E-state index in [1.54, 1.807) is 31.2 Å². The van der Waals surface area contributed by atoms with Crippen LogP contribution in [0, 0.1) is 0 Å². The van der Waals surface area contributed by atoms with Gasteiger partial charge in [-0.3, -0.25) is 30.0 Å². The zero-order valence-electron chi connectivity index (χ0n) is 53.3. The Hall–Kier alpha value is -12.5. The summed E-state index contributed by atoms with van der Waals surface area (Å²) in [5.74, 6) is 5.27. The number of carbonyl (C=O) groups is 4. The van der Waals surface area contributed by atoms with Crippen LogP contribution in [-0.2, 0) is 0 Å². The molecule has 0 fully saturated rings. The number of benzene rings is 14. The van der Waals surface area contributed by atoms with Gasteiger partial charge in [0.2, 0.25) is 0 Å². The van der Waals surface area contributed by atoms with Gasteiger partial charge in [0, 0.05) is 34.4 Å². The van der Waals surface area contributed by atoms with Crippen LogP contribution < -0.4 is 16.3 Å². The molecule has 1 atom stereocenters. The summed E-state index contributed by atoms with van der Waals surface area (Å²) in [5.41, 5.74) is 13.2. The van der Waals surface area contributed by atoms with Gasteiger partial charge in [0.05, 0.1) is 17.4 Å². The number of allylic oxidation sites excluding steroid dienone is 2. The maximum atomic E-state index is 12.2. The van der Waals surface area contributed by atoms with Gasteiger partial charge >= 0.3 is 0 Å². The molecule has 0 bridgehead atoms. The molecule has 1 aliphatic heterocycles. The van der Waals surface area contributed by atoms with E-state index in [-0.39, 0.29) is 23.4 Å². The van der Waals surface area contributed by atoms with Crippen molar-refractivity contribution < 1.29 is 19.2 Å². The van der Waals surface area contributed by atoms with Gasteiger partial charge in [0.1, 0.15) is 6.29 Å². The zero-order valence-corrected chi connectivity index (χ0v) is 53.3. The SMILES string of the molecule is CC(=O)c1ccc2ccccc2c1.NNc1ccccc1.O=C(/C=C/c1ccccc1)c1ccc2ccccc2c1.O=C(/C=C/c1ccccc1)c1ccc2ccccc2c1.O=Cc1ccccc1.c1ccc(C2CC(c3ccc4ccccc4c3)=NN2c2ccccc2)cc1. The molecule has 14 aromatic carbocycles. The van der Waals surface area contributed by atoms with Crippen LogP contribution in [-0.4, -0.2) is 29.3 Å². The van der Waals surface area contributed by atoms with E-state index in [0.29, 0.717) is 0 Å².